The Bertz CT molecular complexity index is 317. The summed E-state index contributed by atoms with van der Waals surface area (Å²) >= 11 is 0. The lowest BCUT2D eigenvalue weighted by molar-refractivity contribution is -0.133. The third kappa shape index (κ3) is 3.13. The molecule has 19 heavy (non-hydrogen) atoms. The molecule has 1 saturated heterocycles. The van der Waals surface area contributed by atoms with Crippen molar-refractivity contribution in [3.8, 4) is 0 Å². The zero-order chi connectivity index (χ0) is 14.0. The van der Waals surface area contributed by atoms with Gasteiger partial charge in [0.2, 0.25) is 5.91 Å². The predicted octanol–water partition coefficient (Wildman–Crippen LogP) is 3.29. The van der Waals surface area contributed by atoms with Crippen LogP contribution in [-0.2, 0) is 4.79 Å². The Kier molecular flexibility index (Phi) is 4.54. The highest BCUT2D eigenvalue weighted by atomic mass is 16.2. The SMILES string of the molecule is CCCC1NC(CC)N(C2CCC(C)(C)CC2)C1=O. The second-order valence-electron chi connectivity index (χ2n) is 7.07. The number of nitrogens with zero attached hydrogens (tertiary/aromatic N) is 1. The molecule has 1 N–H and O–H groups in total. The molecule has 0 aromatic heterocycles. The second kappa shape index (κ2) is 5.82. The summed E-state index contributed by atoms with van der Waals surface area (Å²) in [6.45, 7) is 9.04. The van der Waals surface area contributed by atoms with Crippen LogP contribution < -0.4 is 5.32 Å². The molecule has 2 unspecified atom stereocenters. The molecule has 3 heteroatoms. The first-order valence-corrected chi connectivity index (χ1v) is 8.06. The fourth-order valence-corrected chi connectivity index (χ4v) is 3.62. The third-order valence-electron chi connectivity index (χ3n) is 4.95. The largest absolute Gasteiger partial charge is 0.323 e. The molecule has 0 bridgehead atoms. The van der Waals surface area contributed by atoms with Gasteiger partial charge in [-0.2, -0.15) is 0 Å². The number of hydrogen-bond donors (Lipinski definition) is 1. The van der Waals surface area contributed by atoms with Crippen molar-refractivity contribution in [3.63, 3.8) is 0 Å². The van der Waals surface area contributed by atoms with Crippen molar-refractivity contribution >= 4 is 5.91 Å². The van der Waals surface area contributed by atoms with Crippen molar-refractivity contribution in [2.24, 2.45) is 5.41 Å². The fraction of sp³-hybridized carbons (Fsp3) is 0.938. The van der Waals surface area contributed by atoms with E-state index in [9.17, 15) is 4.79 Å². The van der Waals surface area contributed by atoms with E-state index in [2.05, 4.69) is 37.9 Å². The predicted molar refractivity (Wildman–Crippen MR) is 78.8 cm³/mol. The number of carbonyl (C=O) groups is 1. The molecular weight excluding hydrogens is 236 g/mol. The van der Waals surface area contributed by atoms with Crippen molar-refractivity contribution in [2.45, 2.75) is 90.9 Å². The van der Waals surface area contributed by atoms with Crippen LogP contribution in [0.4, 0.5) is 0 Å². The number of hydrogen-bond acceptors (Lipinski definition) is 2. The van der Waals surface area contributed by atoms with E-state index in [1.807, 2.05) is 0 Å². The average molecular weight is 266 g/mol. The fourth-order valence-electron chi connectivity index (χ4n) is 3.62. The van der Waals surface area contributed by atoms with Crippen LogP contribution >= 0.6 is 0 Å². The molecule has 1 amide bonds. The quantitative estimate of drug-likeness (QED) is 0.847. The molecule has 2 fully saturated rings. The van der Waals surface area contributed by atoms with Gasteiger partial charge in [0.05, 0.1) is 12.2 Å². The summed E-state index contributed by atoms with van der Waals surface area (Å²) in [6, 6.07) is 0.546. The molecule has 2 rings (SSSR count). The zero-order valence-electron chi connectivity index (χ0n) is 13.0. The first-order valence-electron chi connectivity index (χ1n) is 8.06. The highest BCUT2D eigenvalue weighted by molar-refractivity contribution is 5.84. The monoisotopic (exact) mass is 266 g/mol. The molecule has 2 atom stereocenters. The highest BCUT2D eigenvalue weighted by Gasteiger charge is 2.42. The Hall–Kier alpha value is -0.570. The highest BCUT2D eigenvalue weighted by Crippen LogP contribution is 2.38. The summed E-state index contributed by atoms with van der Waals surface area (Å²) in [5, 5.41) is 3.54. The number of nitrogens with one attached hydrogen (secondary N) is 1. The molecule has 110 valence electrons. The first-order chi connectivity index (χ1) is 8.98. The maximum atomic E-state index is 12.6. The first kappa shape index (κ1) is 14.8. The Morgan fingerprint density at radius 1 is 1.26 bits per heavy atom. The van der Waals surface area contributed by atoms with E-state index in [1.165, 1.54) is 25.7 Å². The molecule has 3 nitrogen and oxygen atoms in total. The van der Waals surface area contributed by atoms with Crippen LogP contribution in [0.25, 0.3) is 0 Å². The van der Waals surface area contributed by atoms with Crippen LogP contribution in [0.2, 0.25) is 0 Å². The minimum absolute atomic E-state index is 0.0740. The van der Waals surface area contributed by atoms with E-state index < -0.39 is 0 Å². The molecule has 1 heterocycles. The summed E-state index contributed by atoms with van der Waals surface area (Å²) in [5.74, 6) is 0.360. The van der Waals surface area contributed by atoms with Crippen molar-refractivity contribution in [1.82, 2.24) is 10.2 Å². The van der Waals surface area contributed by atoms with Crippen LogP contribution in [0, 0.1) is 5.41 Å². The van der Waals surface area contributed by atoms with Gasteiger partial charge < -0.3 is 4.90 Å². The zero-order valence-corrected chi connectivity index (χ0v) is 13.0. The standard InChI is InChI=1S/C16H30N2O/c1-5-7-13-15(19)18(14(6-2)17-13)12-8-10-16(3,4)11-9-12/h12-14,17H,5-11H2,1-4H3. The Balaban J connectivity index is 2.03. The average Bonchev–Trinajstić information content (AvgIpc) is 2.67. The van der Waals surface area contributed by atoms with Gasteiger partial charge in [-0.1, -0.05) is 34.1 Å². The molecule has 1 aliphatic heterocycles. The van der Waals surface area contributed by atoms with E-state index >= 15 is 0 Å². The summed E-state index contributed by atoms with van der Waals surface area (Å²) in [7, 11) is 0. The van der Waals surface area contributed by atoms with Crippen molar-refractivity contribution in [1.29, 1.82) is 0 Å². The maximum Gasteiger partial charge on any atom is 0.241 e. The molecule has 0 aromatic carbocycles. The summed E-state index contributed by atoms with van der Waals surface area (Å²) in [5.41, 5.74) is 0.469. The smallest absolute Gasteiger partial charge is 0.241 e. The van der Waals surface area contributed by atoms with Gasteiger partial charge in [0.15, 0.2) is 0 Å². The van der Waals surface area contributed by atoms with Crippen molar-refractivity contribution < 1.29 is 4.79 Å². The number of amides is 1. The lowest BCUT2D eigenvalue weighted by Gasteiger charge is -2.40. The van der Waals surface area contributed by atoms with Gasteiger partial charge in [0.25, 0.3) is 0 Å². The lowest BCUT2D eigenvalue weighted by atomic mass is 9.75. The Morgan fingerprint density at radius 3 is 2.42 bits per heavy atom. The normalized spacial score (nSPS) is 32.0. The summed E-state index contributed by atoms with van der Waals surface area (Å²) in [6.07, 6.45) is 8.19. The van der Waals surface area contributed by atoms with Gasteiger partial charge >= 0.3 is 0 Å². The summed E-state index contributed by atoms with van der Waals surface area (Å²) in [4.78, 5) is 14.8. The van der Waals surface area contributed by atoms with E-state index in [-0.39, 0.29) is 12.2 Å². The molecule has 0 radical (unpaired) electrons. The van der Waals surface area contributed by atoms with Gasteiger partial charge in [0.1, 0.15) is 0 Å². The van der Waals surface area contributed by atoms with Crippen molar-refractivity contribution in [2.75, 3.05) is 0 Å². The number of rotatable bonds is 4. The van der Waals surface area contributed by atoms with Crippen LogP contribution in [-0.4, -0.2) is 29.1 Å². The van der Waals surface area contributed by atoms with Crippen LogP contribution in [0.1, 0.15) is 72.6 Å². The van der Waals surface area contributed by atoms with Crippen LogP contribution in [0.3, 0.4) is 0 Å². The topological polar surface area (TPSA) is 32.3 Å². The minimum Gasteiger partial charge on any atom is -0.323 e. The molecular formula is C16H30N2O. The van der Waals surface area contributed by atoms with Gasteiger partial charge in [-0.3, -0.25) is 10.1 Å². The van der Waals surface area contributed by atoms with E-state index in [0.29, 0.717) is 17.4 Å². The van der Waals surface area contributed by atoms with Crippen LogP contribution in [0.15, 0.2) is 0 Å². The number of carbonyl (C=O) groups excluding carboxylic acids is 1. The molecule has 1 saturated carbocycles. The van der Waals surface area contributed by atoms with E-state index in [1.54, 1.807) is 0 Å². The summed E-state index contributed by atoms with van der Waals surface area (Å²) < 4.78 is 0. The Labute approximate surface area is 118 Å². The molecule has 2 aliphatic rings. The maximum absolute atomic E-state index is 12.6. The molecule has 0 aromatic rings. The minimum atomic E-state index is 0.0740. The lowest BCUT2D eigenvalue weighted by Crippen LogP contribution is -2.46. The third-order valence-corrected chi connectivity index (χ3v) is 4.95. The van der Waals surface area contributed by atoms with E-state index in [0.717, 1.165) is 19.3 Å². The molecule has 1 aliphatic carbocycles. The van der Waals surface area contributed by atoms with E-state index in [4.69, 9.17) is 0 Å². The second-order valence-corrected chi connectivity index (χ2v) is 7.07. The van der Waals surface area contributed by atoms with Crippen molar-refractivity contribution in [3.05, 3.63) is 0 Å². The molecule has 0 spiro atoms. The van der Waals surface area contributed by atoms with Gasteiger partial charge in [-0.05, 0) is 43.9 Å². The van der Waals surface area contributed by atoms with Gasteiger partial charge in [-0.25, -0.2) is 0 Å². The van der Waals surface area contributed by atoms with Gasteiger partial charge in [0, 0.05) is 6.04 Å². The Morgan fingerprint density at radius 2 is 1.89 bits per heavy atom. The van der Waals surface area contributed by atoms with Crippen LogP contribution in [0.5, 0.6) is 0 Å². The van der Waals surface area contributed by atoms with Gasteiger partial charge in [-0.15, -0.1) is 0 Å².